The summed E-state index contributed by atoms with van der Waals surface area (Å²) < 4.78 is 5.93. The van der Waals surface area contributed by atoms with Crippen LogP contribution in [0.2, 0.25) is 0 Å². The zero-order valence-corrected chi connectivity index (χ0v) is 11.6. The molecule has 0 aromatic carbocycles. The Labute approximate surface area is 108 Å². The Kier molecular flexibility index (Phi) is 4.95. The van der Waals surface area contributed by atoms with E-state index >= 15 is 0 Å². The first kappa shape index (κ1) is 13.0. The molecule has 96 valence electrons. The maximum absolute atomic E-state index is 5.93. The topological polar surface area (TPSA) is 34.1 Å². The predicted molar refractivity (Wildman–Crippen MR) is 71.4 cm³/mol. The number of aryl methyl sites for hydroxylation is 1. The number of aromatic nitrogens is 1. The summed E-state index contributed by atoms with van der Waals surface area (Å²) >= 11 is 1.70. The van der Waals surface area contributed by atoms with E-state index in [1.807, 2.05) is 6.92 Å². The van der Waals surface area contributed by atoms with Crippen LogP contribution in [0.25, 0.3) is 0 Å². The minimum Gasteiger partial charge on any atom is -0.371 e. The van der Waals surface area contributed by atoms with Crippen LogP contribution >= 0.6 is 11.3 Å². The summed E-state index contributed by atoms with van der Waals surface area (Å²) in [4.78, 5) is 4.42. The van der Waals surface area contributed by atoms with Crippen LogP contribution in [0.1, 0.15) is 43.3 Å². The average molecular weight is 254 g/mol. The lowest BCUT2D eigenvalue weighted by atomic mass is 9.93. The summed E-state index contributed by atoms with van der Waals surface area (Å²) in [7, 11) is 0. The highest BCUT2D eigenvalue weighted by molar-refractivity contribution is 7.09. The SMILES string of the molecule is CCNC1CCC(OCc2nc(C)cs2)CC1. The van der Waals surface area contributed by atoms with Crippen molar-refractivity contribution in [3.8, 4) is 0 Å². The quantitative estimate of drug-likeness (QED) is 0.877. The van der Waals surface area contributed by atoms with Gasteiger partial charge in [0.1, 0.15) is 5.01 Å². The molecule has 0 atom stereocenters. The Bertz CT molecular complexity index is 332. The monoisotopic (exact) mass is 254 g/mol. The van der Waals surface area contributed by atoms with Gasteiger partial charge in [0, 0.05) is 17.1 Å². The van der Waals surface area contributed by atoms with E-state index in [1.165, 1.54) is 25.7 Å². The Hall–Kier alpha value is -0.450. The summed E-state index contributed by atoms with van der Waals surface area (Å²) in [6.07, 6.45) is 5.29. The smallest absolute Gasteiger partial charge is 0.119 e. The molecule has 2 rings (SSSR count). The lowest BCUT2D eigenvalue weighted by Crippen LogP contribution is -2.35. The third-order valence-electron chi connectivity index (χ3n) is 3.28. The van der Waals surface area contributed by atoms with E-state index in [2.05, 4.69) is 22.6 Å². The summed E-state index contributed by atoms with van der Waals surface area (Å²) in [6, 6.07) is 0.710. The van der Waals surface area contributed by atoms with Gasteiger partial charge in [0.25, 0.3) is 0 Å². The predicted octanol–water partition coefficient (Wildman–Crippen LogP) is 2.89. The molecule has 1 saturated carbocycles. The second kappa shape index (κ2) is 6.47. The van der Waals surface area contributed by atoms with Gasteiger partial charge in [0.15, 0.2) is 0 Å². The molecule has 0 unspecified atom stereocenters. The van der Waals surface area contributed by atoms with Gasteiger partial charge in [-0.3, -0.25) is 0 Å². The van der Waals surface area contributed by atoms with Crippen molar-refractivity contribution >= 4 is 11.3 Å². The fraction of sp³-hybridized carbons (Fsp3) is 0.769. The molecule has 1 aromatic heterocycles. The third kappa shape index (κ3) is 4.05. The van der Waals surface area contributed by atoms with Crippen LogP contribution in [0.4, 0.5) is 0 Å². The maximum atomic E-state index is 5.93. The van der Waals surface area contributed by atoms with Gasteiger partial charge in [-0.25, -0.2) is 4.98 Å². The summed E-state index contributed by atoms with van der Waals surface area (Å²) in [5.74, 6) is 0. The van der Waals surface area contributed by atoms with Crippen LogP contribution in [0.3, 0.4) is 0 Å². The molecule has 1 aliphatic rings. The Morgan fingerprint density at radius 2 is 2.18 bits per heavy atom. The van der Waals surface area contributed by atoms with Gasteiger partial charge in [0.05, 0.1) is 12.7 Å². The van der Waals surface area contributed by atoms with Crippen molar-refractivity contribution in [3.63, 3.8) is 0 Å². The van der Waals surface area contributed by atoms with E-state index < -0.39 is 0 Å². The second-order valence-corrected chi connectivity index (χ2v) is 5.67. The summed E-state index contributed by atoms with van der Waals surface area (Å²) in [5, 5.41) is 6.71. The van der Waals surface area contributed by atoms with Crippen LogP contribution in [-0.4, -0.2) is 23.7 Å². The number of nitrogens with one attached hydrogen (secondary N) is 1. The van der Waals surface area contributed by atoms with Crippen molar-refractivity contribution in [3.05, 3.63) is 16.1 Å². The molecule has 17 heavy (non-hydrogen) atoms. The van der Waals surface area contributed by atoms with Crippen molar-refractivity contribution < 1.29 is 4.74 Å². The van der Waals surface area contributed by atoms with E-state index in [0.717, 1.165) is 17.2 Å². The molecule has 0 radical (unpaired) electrons. The minimum absolute atomic E-state index is 0.439. The Morgan fingerprint density at radius 3 is 2.76 bits per heavy atom. The molecule has 0 aliphatic heterocycles. The van der Waals surface area contributed by atoms with Crippen molar-refractivity contribution in [1.82, 2.24) is 10.3 Å². The molecule has 1 aliphatic carbocycles. The lowest BCUT2D eigenvalue weighted by Gasteiger charge is -2.28. The van der Waals surface area contributed by atoms with Gasteiger partial charge in [-0.2, -0.15) is 0 Å². The van der Waals surface area contributed by atoms with E-state index in [0.29, 0.717) is 18.8 Å². The highest BCUT2D eigenvalue weighted by atomic mass is 32.1. The molecule has 3 nitrogen and oxygen atoms in total. The highest BCUT2D eigenvalue weighted by Crippen LogP contribution is 2.22. The van der Waals surface area contributed by atoms with Crippen molar-refractivity contribution in [2.75, 3.05) is 6.54 Å². The van der Waals surface area contributed by atoms with Gasteiger partial charge < -0.3 is 10.1 Å². The van der Waals surface area contributed by atoms with Gasteiger partial charge in [-0.1, -0.05) is 6.92 Å². The molecule has 0 amide bonds. The van der Waals surface area contributed by atoms with Gasteiger partial charge in [0.2, 0.25) is 0 Å². The molecular weight excluding hydrogens is 232 g/mol. The van der Waals surface area contributed by atoms with Crippen LogP contribution in [0, 0.1) is 6.92 Å². The summed E-state index contributed by atoms with van der Waals surface area (Å²) in [5.41, 5.74) is 1.10. The van der Waals surface area contributed by atoms with Gasteiger partial charge >= 0.3 is 0 Å². The van der Waals surface area contributed by atoms with Gasteiger partial charge in [-0.15, -0.1) is 11.3 Å². The van der Waals surface area contributed by atoms with Crippen LogP contribution in [-0.2, 0) is 11.3 Å². The number of rotatable bonds is 5. The van der Waals surface area contributed by atoms with E-state index in [1.54, 1.807) is 11.3 Å². The second-order valence-electron chi connectivity index (χ2n) is 4.72. The molecule has 1 aromatic rings. The van der Waals surface area contributed by atoms with E-state index in [4.69, 9.17) is 4.74 Å². The van der Waals surface area contributed by atoms with Gasteiger partial charge in [-0.05, 0) is 39.2 Å². The summed E-state index contributed by atoms with van der Waals surface area (Å²) in [6.45, 7) is 5.97. The number of hydrogen-bond acceptors (Lipinski definition) is 4. The van der Waals surface area contributed by atoms with Crippen molar-refractivity contribution in [2.24, 2.45) is 0 Å². The van der Waals surface area contributed by atoms with Crippen molar-refractivity contribution in [2.45, 2.75) is 58.3 Å². The first-order chi connectivity index (χ1) is 8.28. The number of ether oxygens (including phenoxy) is 1. The maximum Gasteiger partial charge on any atom is 0.119 e. The lowest BCUT2D eigenvalue weighted by molar-refractivity contribution is 0.0113. The standard InChI is InChI=1S/C13H22N2OS/c1-3-14-11-4-6-12(7-5-11)16-8-13-15-10(2)9-17-13/h9,11-12,14H,3-8H2,1-2H3. The molecule has 0 spiro atoms. The first-order valence-corrected chi connectivity index (χ1v) is 7.42. The highest BCUT2D eigenvalue weighted by Gasteiger charge is 2.20. The van der Waals surface area contributed by atoms with Crippen molar-refractivity contribution in [1.29, 1.82) is 0 Å². The molecule has 0 bridgehead atoms. The number of nitrogens with zero attached hydrogens (tertiary/aromatic N) is 1. The molecule has 1 heterocycles. The largest absolute Gasteiger partial charge is 0.371 e. The number of hydrogen-bond donors (Lipinski definition) is 1. The zero-order valence-electron chi connectivity index (χ0n) is 10.7. The van der Waals surface area contributed by atoms with E-state index in [-0.39, 0.29) is 0 Å². The average Bonchev–Trinajstić information content (AvgIpc) is 2.75. The van der Waals surface area contributed by atoms with E-state index in [9.17, 15) is 0 Å². The molecular formula is C13H22N2OS. The van der Waals surface area contributed by atoms with Crippen LogP contribution in [0.5, 0.6) is 0 Å². The number of thiazole rings is 1. The first-order valence-electron chi connectivity index (χ1n) is 6.54. The minimum atomic E-state index is 0.439. The Balaban J connectivity index is 1.68. The van der Waals surface area contributed by atoms with Crippen LogP contribution in [0.15, 0.2) is 5.38 Å². The molecule has 1 N–H and O–H groups in total. The Morgan fingerprint density at radius 1 is 1.41 bits per heavy atom. The molecule has 0 saturated heterocycles. The fourth-order valence-corrected chi connectivity index (χ4v) is 3.07. The van der Waals surface area contributed by atoms with Crippen LogP contribution < -0.4 is 5.32 Å². The zero-order chi connectivity index (χ0) is 12.1. The fourth-order valence-electron chi connectivity index (χ4n) is 2.38. The molecule has 4 heteroatoms. The third-order valence-corrected chi connectivity index (χ3v) is 4.22. The normalized spacial score (nSPS) is 25.1. The molecule has 1 fully saturated rings.